The summed E-state index contributed by atoms with van der Waals surface area (Å²) in [5.41, 5.74) is 0.397. The fourth-order valence-corrected chi connectivity index (χ4v) is 2.58. The third-order valence-electron chi connectivity index (χ3n) is 3.53. The van der Waals surface area contributed by atoms with Crippen molar-refractivity contribution in [3.8, 4) is 0 Å². The lowest BCUT2D eigenvalue weighted by atomic mass is 9.99. The number of nitrogens with one attached hydrogen (secondary N) is 1. The van der Waals surface area contributed by atoms with E-state index in [0.29, 0.717) is 12.0 Å². The van der Waals surface area contributed by atoms with E-state index >= 15 is 0 Å². The van der Waals surface area contributed by atoms with Gasteiger partial charge in [-0.25, -0.2) is 4.39 Å². The molecule has 1 aliphatic heterocycles. The van der Waals surface area contributed by atoms with E-state index in [1.807, 2.05) is 0 Å². The van der Waals surface area contributed by atoms with Crippen LogP contribution in [0.15, 0.2) is 30.9 Å². The third-order valence-corrected chi connectivity index (χ3v) is 3.53. The average molecular weight is 279 g/mol. The Morgan fingerprint density at radius 3 is 2.80 bits per heavy atom. The van der Waals surface area contributed by atoms with Gasteiger partial charge in [0.1, 0.15) is 5.82 Å². The summed E-state index contributed by atoms with van der Waals surface area (Å²) in [6.45, 7) is 7.05. The number of nitro groups is 1. The molecule has 0 unspecified atom stereocenters. The molecule has 0 aromatic heterocycles. The van der Waals surface area contributed by atoms with Crippen molar-refractivity contribution in [1.29, 1.82) is 0 Å². The first kappa shape index (κ1) is 14.6. The number of piperazine rings is 1. The van der Waals surface area contributed by atoms with Gasteiger partial charge < -0.3 is 5.32 Å². The van der Waals surface area contributed by atoms with E-state index in [9.17, 15) is 14.5 Å². The minimum Gasteiger partial charge on any atom is -0.314 e. The smallest absolute Gasteiger partial charge is 0.277 e. The lowest BCUT2D eigenvalue weighted by Gasteiger charge is -2.34. The number of nitrogens with zero attached hydrogens (tertiary/aromatic N) is 2. The SMILES string of the molecule is C=CC[C@H](c1ccc(F)cc1[N+](=O)[O-])N1CCNCC1. The van der Waals surface area contributed by atoms with E-state index in [0.717, 1.165) is 32.2 Å². The summed E-state index contributed by atoms with van der Waals surface area (Å²) in [6, 6.07) is 3.66. The Kier molecular flexibility index (Phi) is 4.81. The van der Waals surface area contributed by atoms with Gasteiger partial charge in [-0.15, -0.1) is 6.58 Å². The van der Waals surface area contributed by atoms with E-state index in [-0.39, 0.29) is 11.7 Å². The molecule has 1 atom stereocenters. The Morgan fingerprint density at radius 2 is 2.20 bits per heavy atom. The lowest BCUT2D eigenvalue weighted by Crippen LogP contribution is -2.45. The van der Waals surface area contributed by atoms with Crippen LogP contribution >= 0.6 is 0 Å². The molecule has 0 amide bonds. The predicted octanol–water partition coefficient (Wildman–Crippen LogP) is 2.26. The van der Waals surface area contributed by atoms with Crippen molar-refractivity contribution < 1.29 is 9.31 Å². The number of hydrogen-bond acceptors (Lipinski definition) is 4. The van der Waals surface area contributed by atoms with Crippen LogP contribution in [0.2, 0.25) is 0 Å². The molecule has 1 aromatic carbocycles. The van der Waals surface area contributed by atoms with Crippen molar-refractivity contribution in [3.63, 3.8) is 0 Å². The van der Waals surface area contributed by atoms with Crippen LogP contribution in [0.5, 0.6) is 0 Å². The Labute approximate surface area is 117 Å². The van der Waals surface area contributed by atoms with Gasteiger partial charge in [-0.05, 0) is 18.6 Å². The van der Waals surface area contributed by atoms with Gasteiger partial charge in [0, 0.05) is 37.8 Å². The first-order valence-corrected chi connectivity index (χ1v) is 6.63. The maximum atomic E-state index is 13.3. The van der Waals surface area contributed by atoms with E-state index in [1.165, 1.54) is 12.1 Å². The van der Waals surface area contributed by atoms with Crippen LogP contribution in [0.1, 0.15) is 18.0 Å². The minimum absolute atomic E-state index is 0.129. The van der Waals surface area contributed by atoms with Gasteiger partial charge in [-0.3, -0.25) is 15.0 Å². The topological polar surface area (TPSA) is 58.4 Å². The number of benzene rings is 1. The van der Waals surface area contributed by atoms with Crippen LogP contribution in [0.25, 0.3) is 0 Å². The van der Waals surface area contributed by atoms with Crippen molar-refractivity contribution in [2.45, 2.75) is 12.5 Å². The molecule has 0 saturated carbocycles. The maximum absolute atomic E-state index is 13.3. The summed E-state index contributed by atoms with van der Waals surface area (Å²) < 4.78 is 13.3. The molecule has 5 nitrogen and oxygen atoms in total. The maximum Gasteiger partial charge on any atom is 0.277 e. The third kappa shape index (κ3) is 3.20. The molecule has 1 saturated heterocycles. The first-order chi connectivity index (χ1) is 9.63. The average Bonchev–Trinajstić information content (AvgIpc) is 2.46. The predicted molar refractivity (Wildman–Crippen MR) is 75.1 cm³/mol. The molecule has 1 fully saturated rings. The summed E-state index contributed by atoms with van der Waals surface area (Å²) in [7, 11) is 0. The highest BCUT2D eigenvalue weighted by atomic mass is 19.1. The van der Waals surface area contributed by atoms with Gasteiger partial charge in [-0.1, -0.05) is 6.08 Å². The molecule has 1 heterocycles. The fourth-order valence-electron chi connectivity index (χ4n) is 2.58. The monoisotopic (exact) mass is 279 g/mol. The summed E-state index contributed by atoms with van der Waals surface area (Å²) in [5, 5.41) is 14.4. The normalized spacial score (nSPS) is 17.6. The van der Waals surface area contributed by atoms with Gasteiger partial charge >= 0.3 is 0 Å². The van der Waals surface area contributed by atoms with E-state index in [2.05, 4.69) is 16.8 Å². The van der Waals surface area contributed by atoms with Gasteiger partial charge in [0.05, 0.1) is 11.0 Å². The van der Waals surface area contributed by atoms with Gasteiger partial charge in [-0.2, -0.15) is 0 Å². The Morgan fingerprint density at radius 1 is 1.50 bits per heavy atom. The molecule has 1 aliphatic rings. The molecule has 20 heavy (non-hydrogen) atoms. The molecular weight excluding hydrogens is 261 g/mol. The summed E-state index contributed by atoms with van der Waals surface area (Å²) >= 11 is 0. The zero-order valence-corrected chi connectivity index (χ0v) is 11.2. The molecule has 0 radical (unpaired) electrons. The van der Waals surface area contributed by atoms with Crippen molar-refractivity contribution >= 4 is 5.69 Å². The molecule has 6 heteroatoms. The number of rotatable bonds is 5. The Balaban J connectivity index is 2.37. The molecule has 1 aromatic rings. The van der Waals surface area contributed by atoms with Crippen LogP contribution in [-0.4, -0.2) is 36.0 Å². The van der Waals surface area contributed by atoms with Gasteiger partial charge in [0.15, 0.2) is 0 Å². The molecule has 0 aliphatic carbocycles. The first-order valence-electron chi connectivity index (χ1n) is 6.63. The summed E-state index contributed by atoms with van der Waals surface area (Å²) in [4.78, 5) is 12.8. The summed E-state index contributed by atoms with van der Waals surface area (Å²) in [5.74, 6) is -0.585. The molecule has 2 rings (SSSR count). The standard InChI is InChI=1S/C14H18FN3O2/c1-2-3-13(17-8-6-16-7-9-17)12-5-4-11(15)10-14(12)18(19)20/h2,4-5,10,13,16H,1,3,6-9H2/t13-/m1/s1. The van der Waals surface area contributed by atoms with Crippen molar-refractivity contribution in [1.82, 2.24) is 10.2 Å². The number of halogens is 1. The quantitative estimate of drug-likeness (QED) is 0.510. The van der Waals surface area contributed by atoms with Crippen molar-refractivity contribution in [3.05, 3.63) is 52.3 Å². The molecule has 0 bridgehead atoms. The van der Waals surface area contributed by atoms with Crippen LogP contribution in [-0.2, 0) is 0 Å². The molecule has 108 valence electrons. The molecular formula is C14H18FN3O2. The number of nitro benzene ring substituents is 1. The van der Waals surface area contributed by atoms with E-state index in [1.54, 1.807) is 6.08 Å². The second-order valence-electron chi connectivity index (χ2n) is 4.79. The second-order valence-corrected chi connectivity index (χ2v) is 4.79. The van der Waals surface area contributed by atoms with Crippen molar-refractivity contribution in [2.75, 3.05) is 26.2 Å². The van der Waals surface area contributed by atoms with Crippen LogP contribution in [0, 0.1) is 15.9 Å². The van der Waals surface area contributed by atoms with E-state index < -0.39 is 10.7 Å². The lowest BCUT2D eigenvalue weighted by molar-refractivity contribution is -0.386. The highest BCUT2D eigenvalue weighted by Crippen LogP contribution is 2.32. The Hall–Kier alpha value is -1.79. The molecule has 0 spiro atoms. The van der Waals surface area contributed by atoms with E-state index in [4.69, 9.17) is 0 Å². The highest BCUT2D eigenvalue weighted by molar-refractivity contribution is 5.43. The van der Waals surface area contributed by atoms with Crippen LogP contribution < -0.4 is 5.32 Å². The fraction of sp³-hybridized carbons (Fsp3) is 0.429. The zero-order valence-electron chi connectivity index (χ0n) is 11.2. The highest BCUT2D eigenvalue weighted by Gasteiger charge is 2.27. The largest absolute Gasteiger partial charge is 0.314 e. The Bertz CT molecular complexity index is 501. The summed E-state index contributed by atoms with van der Waals surface area (Å²) in [6.07, 6.45) is 2.35. The van der Waals surface area contributed by atoms with Crippen molar-refractivity contribution in [2.24, 2.45) is 0 Å². The van der Waals surface area contributed by atoms with Gasteiger partial charge in [0.25, 0.3) is 5.69 Å². The van der Waals surface area contributed by atoms with Gasteiger partial charge in [0.2, 0.25) is 0 Å². The second kappa shape index (κ2) is 6.58. The minimum atomic E-state index is -0.585. The van der Waals surface area contributed by atoms with Crippen LogP contribution in [0.3, 0.4) is 0 Å². The zero-order chi connectivity index (χ0) is 14.5. The van der Waals surface area contributed by atoms with Crippen LogP contribution in [0.4, 0.5) is 10.1 Å². The molecule has 1 N–H and O–H groups in total. The number of hydrogen-bond donors (Lipinski definition) is 1.